The van der Waals surface area contributed by atoms with Gasteiger partial charge in [-0.2, -0.15) is 0 Å². The van der Waals surface area contributed by atoms with E-state index in [1.807, 2.05) is 18.2 Å². The Labute approximate surface area is 101 Å². The third-order valence-corrected chi connectivity index (χ3v) is 2.95. The summed E-state index contributed by atoms with van der Waals surface area (Å²) in [7, 11) is 0. The van der Waals surface area contributed by atoms with E-state index in [2.05, 4.69) is 12.1 Å². The van der Waals surface area contributed by atoms with Crippen LogP contribution in [0, 0.1) is 0 Å². The first-order valence-electron chi connectivity index (χ1n) is 5.99. The molecule has 0 aromatic heterocycles. The minimum Gasteiger partial charge on any atom is -0.443 e. The van der Waals surface area contributed by atoms with Gasteiger partial charge in [0.1, 0.15) is 6.10 Å². The van der Waals surface area contributed by atoms with Crippen molar-refractivity contribution in [2.24, 2.45) is 5.73 Å². The average molecular weight is 234 g/mol. The number of nitrogens with zero attached hydrogens (tertiary/aromatic N) is 1. The SMILES string of the molecule is NCC1CN(CCCc2ccccc2)C(=O)O1. The number of rotatable bonds is 5. The molecule has 1 amide bonds. The van der Waals surface area contributed by atoms with Crippen LogP contribution in [0.4, 0.5) is 4.79 Å². The molecule has 1 aromatic carbocycles. The monoisotopic (exact) mass is 234 g/mol. The fourth-order valence-electron chi connectivity index (χ4n) is 2.00. The summed E-state index contributed by atoms with van der Waals surface area (Å²) in [6, 6.07) is 10.3. The van der Waals surface area contributed by atoms with Crippen molar-refractivity contribution in [3.05, 3.63) is 35.9 Å². The Bertz CT molecular complexity index is 367. The summed E-state index contributed by atoms with van der Waals surface area (Å²) in [4.78, 5) is 13.2. The maximum atomic E-state index is 11.4. The molecule has 2 N–H and O–H groups in total. The van der Waals surface area contributed by atoms with Crippen molar-refractivity contribution in [2.75, 3.05) is 19.6 Å². The van der Waals surface area contributed by atoms with E-state index in [0.717, 1.165) is 19.4 Å². The van der Waals surface area contributed by atoms with Crippen molar-refractivity contribution in [3.63, 3.8) is 0 Å². The van der Waals surface area contributed by atoms with Crippen LogP contribution in [0.5, 0.6) is 0 Å². The van der Waals surface area contributed by atoms with E-state index in [9.17, 15) is 4.79 Å². The lowest BCUT2D eigenvalue weighted by atomic mass is 10.1. The van der Waals surface area contributed by atoms with Crippen molar-refractivity contribution in [3.8, 4) is 0 Å². The summed E-state index contributed by atoms with van der Waals surface area (Å²) < 4.78 is 5.09. The Hall–Kier alpha value is -1.55. The highest BCUT2D eigenvalue weighted by Crippen LogP contribution is 2.11. The van der Waals surface area contributed by atoms with Crippen LogP contribution in [0.3, 0.4) is 0 Å². The van der Waals surface area contributed by atoms with E-state index in [0.29, 0.717) is 13.1 Å². The molecule has 1 aliphatic heterocycles. The summed E-state index contributed by atoms with van der Waals surface area (Å²) in [5, 5.41) is 0. The lowest BCUT2D eigenvalue weighted by Crippen LogP contribution is -2.28. The Morgan fingerprint density at radius 3 is 2.76 bits per heavy atom. The minimum absolute atomic E-state index is 0.126. The molecule has 1 unspecified atom stereocenters. The maximum Gasteiger partial charge on any atom is 0.410 e. The molecule has 4 heteroatoms. The normalized spacial score (nSPS) is 19.5. The highest BCUT2D eigenvalue weighted by Gasteiger charge is 2.29. The minimum atomic E-state index is -0.228. The molecule has 1 aliphatic rings. The summed E-state index contributed by atoms with van der Waals surface area (Å²) in [5.74, 6) is 0. The zero-order valence-electron chi connectivity index (χ0n) is 9.84. The molecule has 4 nitrogen and oxygen atoms in total. The molecule has 0 radical (unpaired) electrons. The molecular formula is C13H18N2O2. The molecule has 0 saturated carbocycles. The first-order valence-corrected chi connectivity index (χ1v) is 5.99. The van der Waals surface area contributed by atoms with E-state index in [4.69, 9.17) is 10.5 Å². The third kappa shape index (κ3) is 3.20. The van der Waals surface area contributed by atoms with Crippen molar-refractivity contribution in [1.29, 1.82) is 0 Å². The van der Waals surface area contributed by atoms with Crippen LogP contribution in [-0.4, -0.2) is 36.7 Å². The van der Waals surface area contributed by atoms with Crippen LogP contribution in [0.25, 0.3) is 0 Å². The number of aryl methyl sites for hydroxylation is 1. The van der Waals surface area contributed by atoms with E-state index in [1.54, 1.807) is 4.90 Å². The number of cyclic esters (lactones) is 1. The van der Waals surface area contributed by atoms with Crippen molar-refractivity contribution in [2.45, 2.75) is 18.9 Å². The van der Waals surface area contributed by atoms with Gasteiger partial charge in [-0.1, -0.05) is 30.3 Å². The van der Waals surface area contributed by atoms with Gasteiger partial charge in [-0.3, -0.25) is 0 Å². The fraction of sp³-hybridized carbons (Fsp3) is 0.462. The highest BCUT2D eigenvalue weighted by atomic mass is 16.6. The molecule has 1 atom stereocenters. The number of carbonyl (C=O) groups is 1. The van der Waals surface area contributed by atoms with E-state index >= 15 is 0 Å². The van der Waals surface area contributed by atoms with Gasteiger partial charge in [0, 0.05) is 13.1 Å². The smallest absolute Gasteiger partial charge is 0.410 e. The Morgan fingerprint density at radius 1 is 1.35 bits per heavy atom. The van der Waals surface area contributed by atoms with Gasteiger partial charge in [0.15, 0.2) is 0 Å². The van der Waals surface area contributed by atoms with Gasteiger partial charge in [0.25, 0.3) is 0 Å². The van der Waals surface area contributed by atoms with Crippen LogP contribution in [0.2, 0.25) is 0 Å². The van der Waals surface area contributed by atoms with Gasteiger partial charge < -0.3 is 15.4 Å². The molecule has 2 rings (SSSR count). The van der Waals surface area contributed by atoms with E-state index < -0.39 is 0 Å². The quantitative estimate of drug-likeness (QED) is 0.837. The second-order valence-electron chi connectivity index (χ2n) is 4.28. The second-order valence-corrected chi connectivity index (χ2v) is 4.28. The zero-order valence-corrected chi connectivity index (χ0v) is 9.84. The van der Waals surface area contributed by atoms with Crippen LogP contribution < -0.4 is 5.73 Å². The molecule has 17 heavy (non-hydrogen) atoms. The van der Waals surface area contributed by atoms with Gasteiger partial charge in [0.05, 0.1) is 6.54 Å². The zero-order chi connectivity index (χ0) is 12.1. The number of benzene rings is 1. The first-order chi connectivity index (χ1) is 8.29. The van der Waals surface area contributed by atoms with Crippen LogP contribution >= 0.6 is 0 Å². The van der Waals surface area contributed by atoms with Crippen molar-refractivity contribution in [1.82, 2.24) is 4.90 Å². The lowest BCUT2D eigenvalue weighted by Gasteiger charge is -2.12. The fourth-order valence-corrected chi connectivity index (χ4v) is 2.00. The standard InChI is InChI=1S/C13H18N2O2/c14-9-12-10-15(13(16)17-12)8-4-7-11-5-2-1-3-6-11/h1-3,5-6,12H,4,7-10,14H2. The third-order valence-electron chi connectivity index (χ3n) is 2.95. The molecule has 1 fully saturated rings. The van der Waals surface area contributed by atoms with Crippen LogP contribution in [-0.2, 0) is 11.2 Å². The average Bonchev–Trinajstić information content (AvgIpc) is 2.72. The first kappa shape index (κ1) is 11.9. The van der Waals surface area contributed by atoms with Crippen molar-refractivity contribution >= 4 is 6.09 Å². The van der Waals surface area contributed by atoms with E-state index in [-0.39, 0.29) is 12.2 Å². The molecule has 0 spiro atoms. The molecule has 1 aromatic rings. The van der Waals surface area contributed by atoms with Crippen molar-refractivity contribution < 1.29 is 9.53 Å². The number of amides is 1. The number of carbonyl (C=O) groups excluding carboxylic acids is 1. The summed E-state index contributed by atoms with van der Waals surface area (Å²) >= 11 is 0. The predicted octanol–water partition coefficient (Wildman–Crippen LogP) is 1.40. The Balaban J connectivity index is 1.74. The Morgan fingerprint density at radius 2 is 2.12 bits per heavy atom. The predicted molar refractivity (Wildman–Crippen MR) is 65.7 cm³/mol. The lowest BCUT2D eigenvalue weighted by molar-refractivity contribution is 0.135. The van der Waals surface area contributed by atoms with Gasteiger partial charge in [-0.15, -0.1) is 0 Å². The molecule has 92 valence electrons. The molecular weight excluding hydrogens is 216 g/mol. The van der Waals surface area contributed by atoms with Crippen LogP contribution in [0.1, 0.15) is 12.0 Å². The van der Waals surface area contributed by atoms with E-state index in [1.165, 1.54) is 5.56 Å². The Kier molecular flexibility index (Phi) is 3.98. The topological polar surface area (TPSA) is 55.6 Å². The van der Waals surface area contributed by atoms with Gasteiger partial charge in [-0.25, -0.2) is 4.79 Å². The number of nitrogens with two attached hydrogens (primary N) is 1. The molecule has 0 bridgehead atoms. The van der Waals surface area contributed by atoms with Crippen LogP contribution in [0.15, 0.2) is 30.3 Å². The molecule has 0 aliphatic carbocycles. The molecule has 1 saturated heterocycles. The highest BCUT2D eigenvalue weighted by molar-refractivity contribution is 5.69. The largest absolute Gasteiger partial charge is 0.443 e. The number of ether oxygens (including phenoxy) is 1. The number of hydrogen-bond donors (Lipinski definition) is 1. The second kappa shape index (κ2) is 5.68. The van der Waals surface area contributed by atoms with Gasteiger partial charge in [-0.05, 0) is 18.4 Å². The summed E-state index contributed by atoms with van der Waals surface area (Å²) in [5.41, 5.74) is 6.78. The van der Waals surface area contributed by atoms with Gasteiger partial charge >= 0.3 is 6.09 Å². The summed E-state index contributed by atoms with van der Waals surface area (Å²) in [6.45, 7) is 1.77. The molecule has 1 heterocycles. The van der Waals surface area contributed by atoms with Gasteiger partial charge in [0.2, 0.25) is 0 Å². The number of hydrogen-bond acceptors (Lipinski definition) is 3. The maximum absolute atomic E-state index is 11.4. The summed E-state index contributed by atoms with van der Waals surface area (Å²) in [6.07, 6.45) is 1.58.